The van der Waals surface area contributed by atoms with Crippen LogP contribution in [0.25, 0.3) is 0 Å². The van der Waals surface area contributed by atoms with Crippen LogP contribution in [0.1, 0.15) is 64.7 Å². The molecule has 0 unspecified atom stereocenters. The predicted octanol–water partition coefficient (Wildman–Crippen LogP) is 4.22. The van der Waals surface area contributed by atoms with E-state index in [4.69, 9.17) is 0 Å². The molecule has 0 amide bonds. The van der Waals surface area contributed by atoms with Gasteiger partial charge in [0.2, 0.25) is 0 Å². The molecular weight excluding hydrogens is 214 g/mol. The van der Waals surface area contributed by atoms with E-state index < -0.39 is 0 Å². The molecule has 0 aromatic heterocycles. The zero-order valence-corrected chi connectivity index (χ0v) is 12.0. The van der Waals surface area contributed by atoms with E-state index in [1.54, 1.807) is 0 Å². The highest BCUT2D eigenvalue weighted by molar-refractivity contribution is 8.00. The highest BCUT2D eigenvalue weighted by Gasteiger charge is 2.30. The lowest BCUT2D eigenvalue weighted by Crippen LogP contribution is -2.39. The lowest BCUT2D eigenvalue weighted by molar-refractivity contribution is 0.378. The number of hydrogen-bond donors (Lipinski definition) is 1. The SMILES string of the molecule is CCCCCCNCC1(SC)CCCCC1. The molecule has 0 aromatic rings. The van der Waals surface area contributed by atoms with Crippen molar-refractivity contribution in [3.05, 3.63) is 0 Å². The Labute approximate surface area is 106 Å². The van der Waals surface area contributed by atoms with Crippen molar-refractivity contribution in [2.24, 2.45) is 0 Å². The van der Waals surface area contributed by atoms with Crippen LogP contribution in [0.2, 0.25) is 0 Å². The Hall–Kier alpha value is 0.310. The van der Waals surface area contributed by atoms with Gasteiger partial charge in [-0.2, -0.15) is 11.8 Å². The smallest absolute Gasteiger partial charge is 0.0281 e. The van der Waals surface area contributed by atoms with Gasteiger partial charge in [-0.25, -0.2) is 0 Å². The van der Waals surface area contributed by atoms with Gasteiger partial charge < -0.3 is 5.32 Å². The van der Waals surface area contributed by atoms with Gasteiger partial charge in [0.05, 0.1) is 0 Å². The van der Waals surface area contributed by atoms with E-state index >= 15 is 0 Å². The second-order valence-corrected chi connectivity index (χ2v) is 6.46. The number of thioether (sulfide) groups is 1. The monoisotopic (exact) mass is 243 g/mol. The third-order valence-corrected chi connectivity index (χ3v) is 5.27. The van der Waals surface area contributed by atoms with Gasteiger partial charge in [0.15, 0.2) is 0 Å². The minimum atomic E-state index is 0.572. The van der Waals surface area contributed by atoms with Crippen LogP contribution in [0.15, 0.2) is 0 Å². The Kier molecular flexibility index (Phi) is 7.55. The van der Waals surface area contributed by atoms with Crippen molar-refractivity contribution in [3.8, 4) is 0 Å². The quantitative estimate of drug-likeness (QED) is 0.641. The van der Waals surface area contributed by atoms with Crippen LogP contribution in [-0.2, 0) is 0 Å². The lowest BCUT2D eigenvalue weighted by Gasteiger charge is -2.36. The maximum atomic E-state index is 3.68. The third kappa shape index (κ3) is 5.09. The van der Waals surface area contributed by atoms with Crippen LogP contribution in [0, 0.1) is 0 Å². The van der Waals surface area contributed by atoms with Crippen molar-refractivity contribution in [2.45, 2.75) is 69.5 Å². The highest BCUT2D eigenvalue weighted by atomic mass is 32.2. The summed E-state index contributed by atoms with van der Waals surface area (Å²) < 4.78 is 0.572. The van der Waals surface area contributed by atoms with Crippen LogP contribution in [0.4, 0.5) is 0 Å². The summed E-state index contributed by atoms with van der Waals surface area (Å²) in [6.07, 6.45) is 15.0. The molecule has 96 valence electrons. The standard InChI is InChI=1S/C14H29NS/c1-3-4-5-9-12-15-13-14(16-2)10-7-6-8-11-14/h15H,3-13H2,1-2H3. The summed E-state index contributed by atoms with van der Waals surface area (Å²) in [7, 11) is 0. The fourth-order valence-electron chi connectivity index (χ4n) is 2.64. The Balaban J connectivity index is 2.08. The van der Waals surface area contributed by atoms with Crippen molar-refractivity contribution < 1.29 is 0 Å². The average Bonchev–Trinajstić information content (AvgIpc) is 2.35. The van der Waals surface area contributed by atoms with Gasteiger partial charge in [-0.1, -0.05) is 45.4 Å². The van der Waals surface area contributed by atoms with Gasteiger partial charge >= 0.3 is 0 Å². The summed E-state index contributed by atoms with van der Waals surface area (Å²) >= 11 is 2.10. The van der Waals surface area contributed by atoms with Crippen LogP contribution in [0.5, 0.6) is 0 Å². The van der Waals surface area contributed by atoms with Gasteiger partial charge in [0.1, 0.15) is 0 Å². The summed E-state index contributed by atoms with van der Waals surface area (Å²) in [4.78, 5) is 0. The summed E-state index contributed by atoms with van der Waals surface area (Å²) in [6, 6.07) is 0. The molecule has 1 nitrogen and oxygen atoms in total. The Morgan fingerprint density at radius 3 is 2.44 bits per heavy atom. The molecule has 0 aromatic carbocycles. The average molecular weight is 243 g/mol. The lowest BCUT2D eigenvalue weighted by atomic mass is 9.88. The molecule has 1 fully saturated rings. The van der Waals surface area contributed by atoms with E-state index in [-0.39, 0.29) is 0 Å². The summed E-state index contributed by atoms with van der Waals surface area (Å²) in [5, 5.41) is 3.68. The normalized spacial score (nSPS) is 19.9. The molecule has 0 aliphatic heterocycles. The summed E-state index contributed by atoms with van der Waals surface area (Å²) in [5.41, 5.74) is 0. The topological polar surface area (TPSA) is 12.0 Å². The van der Waals surface area contributed by atoms with Crippen molar-refractivity contribution in [1.29, 1.82) is 0 Å². The molecule has 0 saturated heterocycles. The molecule has 1 N–H and O–H groups in total. The van der Waals surface area contributed by atoms with Crippen molar-refractivity contribution in [3.63, 3.8) is 0 Å². The fourth-order valence-corrected chi connectivity index (χ4v) is 3.59. The van der Waals surface area contributed by atoms with Gasteiger partial charge in [-0.05, 0) is 32.1 Å². The van der Waals surface area contributed by atoms with Crippen molar-refractivity contribution >= 4 is 11.8 Å². The molecule has 2 heteroatoms. The number of unbranched alkanes of at least 4 members (excludes halogenated alkanes) is 3. The second kappa shape index (κ2) is 8.41. The number of hydrogen-bond acceptors (Lipinski definition) is 2. The summed E-state index contributed by atoms with van der Waals surface area (Å²) in [5.74, 6) is 0. The molecule has 16 heavy (non-hydrogen) atoms. The molecular formula is C14H29NS. The van der Waals surface area contributed by atoms with Crippen LogP contribution in [-0.4, -0.2) is 24.1 Å². The van der Waals surface area contributed by atoms with Crippen LogP contribution >= 0.6 is 11.8 Å². The first kappa shape index (κ1) is 14.4. The third-order valence-electron chi connectivity index (χ3n) is 3.85. The minimum absolute atomic E-state index is 0.572. The molecule has 0 bridgehead atoms. The maximum absolute atomic E-state index is 3.68. The van der Waals surface area contributed by atoms with Crippen LogP contribution in [0.3, 0.4) is 0 Å². The molecule has 1 saturated carbocycles. The van der Waals surface area contributed by atoms with E-state index in [0.29, 0.717) is 4.75 Å². The first-order valence-electron chi connectivity index (χ1n) is 7.09. The molecule has 0 atom stereocenters. The van der Waals surface area contributed by atoms with E-state index in [0.717, 1.165) is 0 Å². The largest absolute Gasteiger partial charge is 0.315 e. The fraction of sp³-hybridized carbons (Fsp3) is 1.00. The molecule has 0 radical (unpaired) electrons. The van der Waals surface area contributed by atoms with Crippen LogP contribution < -0.4 is 5.32 Å². The van der Waals surface area contributed by atoms with Crippen molar-refractivity contribution in [1.82, 2.24) is 5.32 Å². The second-order valence-electron chi connectivity index (χ2n) is 5.19. The molecule has 1 aliphatic rings. The molecule has 0 heterocycles. The minimum Gasteiger partial charge on any atom is -0.315 e. The molecule has 0 spiro atoms. The Morgan fingerprint density at radius 2 is 1.81 bits per heavy atom. The Morgan fingerprint density at radius 1 is 1.06 bits per heavy atom. The van der Waals surface area contributed by atoms with Gasteiger partial charge in [-0.15, -0.1) is 0 Å². The van der Waals surface area contributed by atoms with E-state index in [1.165, 1.54) is 70.9 Å². The van der Waals surface area contributed by atoms with E-state index in [2.05, 4.69) is 30.3 Å². The van der Waals surface area contributed by atoms with Gasteiger partial charge in [0, 0.05) is 11.3 Å². The first-order chi connectivity index (χ1) is 7.83. The molecule has 1 rings (SSSR count). The van der Waals surface area contributed by atoms with E-state index in [9.17, 15) is 0 Å². The molecule has 1 aliphatic carbocycles. The zero-order valence-electron chi connectivity index (χ0n) is 11.2. The predicted molar refractivity (Wildman–Crippen MR) is 76.3 cm³/mol. The highest BCUT2D eigenvalue weighted by Crippen LogP contribution is 2.37. The number of rotatable bonds is 8. The Bertz CT molecular complexity index is 164. The van der Waals surface area contributed by atoms with Gasteiger partial charge in [0.25, 0.3) is 0 Å². The van der Waals surface area contributed by atoms with E-state index in [1.807, 2.05) is 0 Å². The van der Waals surface area contributed by atoms with Gasteiger partial charge in [-0.3, -0.25) is 0 Å². The summed E-state index contributed by atoms with van der Waals surface area (Å²) in [6.45, 7) is 4.74. The number of nitrogens with one attached hydrogen (secondary N) is 1. The maximum Gasteiger partial charge on any atom is 0.0281 e. The first-order valence-corrected chi connectivity index (χ1v) is 8.31. The zero-order chi connectivity index (χ0) is 11.7. The van der Waals surface area contributed by atoms with Crippen molar-refractivity contribution in [2.75, 3.05) is 19.3 Å².